The number of aryl methyl sites for hydroxylation is 1. The molecule has 0 N–H and O–H groups in total. The fourth-order valence-corrected chi connectivity index (χ4v) is 3.37. The van der Waals surface area contributed by atoms with Crippen LogP contribution in [0.4, 0.5) is 0 Å². The van der Waals surface area contributed by atoms with Gasteiger partial charge >= 0.3 is 0 Å². The molecule has 1 fully saturated rings. The number of carbonyl (C=O) groups excluding carboxylic acids is 1. The number of amides is 1. The Morgan fingerprint density at radius 1 is 1.40 bits per heavy atom. The van der Waals surface area contributed by atoms with Crippen molar-refractivity contribution in [2.45, 2.75) is 32.4 Å². The van der Waals surface area contributed by atoms with E-state index in [1.165, 1.54) is 0 Å². The lowest BCUT2D eigenvalue weighted by atomic mass is 10.1. The van der Waals surface area contributed by atoms with Crippen molar-refractivity contribution in [2.24, 2.45) is 7.05 Å². The monoisotopic (exact) mass is 343 g/mol. The minimum Gasteiger partial charge on any atom is -0.496 e. The molecule has 2 heterocycles. The highest BCUT2D eigenvalue weighted by molar-refractivity contribution is 5.95. The van der Waals surface area contributed by atoms with Gasteiger partial charge in [-0.15, -0.1) is 0 Å². The van der Waals surface area contributed by atoms with Crippen LogP contribution >= 0.6 is 0 Å². The minimum atomic E-state index is 0.0479. The molecule has 1 aliphatic rings. The van der Waals surface area contributed by atoms with Gasteiger partial charge in [0.25, 0.3) is 5.91 Å². The molecule has 1 amide bonds. The number of aromatic nitrogens is 2. The quantitative estimate of drug-likeness (QED) is 0.809. The predicted molar refractivity (Wildman–Crippen MR) is 94.5 cm³/mol. The van der Waals surface area contributed by atoms with Crippen LogP contribution < -0.4 is 4.74 Å². The summed E-state index contributed by atoms with van der Waals surface area (Å²) in [5.74, 6) is 0.794. The standard InChI is InChI=1S/C19H25N3O3/c1-4-25-13-15-10-14(7-8-18(15)24-3)19(23)22-9-5-6-17(22)16-11-20-21(2)12-16/h7-8,10-12,17H,4-6,9,13H2,1-3H3/t17-/m1/s1. The van der Waals surface area contributed by atoms with Crippen LogP contribution in [0.25, 0.3) is 0 Å². The fraction of sp³-hybridized carbons (Fsp3) is 0.474. The first-order chi connectivity index (χ1) is 12.1. The van der Waals surface area contributed by atoms with Gasteiger partial charge in [0.15, 0.2) is 0 Å². The number of ether oxygens (including phenoxy) is 2. The van der Waals surface area contributed by atoms with Crippen LogP contribution in [0.3, 0.4) is 0 Å². The lowest BCUT2D eigenvalue weighted by Crippen LogP contribution is -2.30. The van der Waals surface area contributed by atoms with Gasteiger partial charge in [-0.2, -0.15) is 5.10 Å². The normalized spacial score (nSPS) is 17.1. The molecule has 25 heavy (non-hydrogen) atoms. The molecule has 0 unspecified atom stereocenters. The van der Waals surface area contributed by atoms with Gasteiger partial charge in [0.1, 0.15) is 5.75 Å². The third-order valence-electron chi connectivity index (χ3n) is 4.61. The highest BCUT2D eigenvalue weighted by Crippen LogP contribution is 2.33. The summed E-state index contributed by atoms with van der Waals surface area (Å²) in [5, 5.41) is 4.24. The molecule has 1 atom stereocenters. The number of likely N-dealkylation sites (tertiary alicyclic amines) is 1. The highest BCUT2D eigenvalue weighted by Gasteiger charge is 2.31. The smallest absolute Gasteiger partial charge is 0.254 e. The van der Waals surface area contributed by atoms with Gasteiger partial charge in [0.2, 0.25) is 0 Å². The van der Waals surface area contributed by atoms with Crippen LogP contribution in [0.1, 0.15) is 47.3 Å². The lowest BCUT2D eigenvalue weighted by molar-refractivity contribution is 0.0735. The maximum absolute atomic E-state index is 13.1. The summed E-state index contributed by atoms with van der Waals surface area (Å²) in [4.78, 5) is 15.0. The van der Waals surface area contributed by atoms with E-state index in [4.69, 9.17) is 9.47 Å². The number of nitrogens with zero attached hydrogens (tertiary/aromatic N) is 3. The SMILES string of the molecule is CCOCc1cc(C(=O)N2CCC[C@@H]2c2cnn(C)c2)ccc1OC. The third kappa shape index (κ3) is 3.69. The topological polar surface area (TPSA) is 56.6 Å². The maximum atomic E-state index is 13.1. The molecule has 0 aliphatic carbocycles. The zero-order valence-corrected chi connectivity index (χ0v) is 15.1. The lowest BCUT2D eigenvalue weighted by Gasteiger charge is -2.24. The Hall–Kier alpha value is -2.34. The first-order valence-corrected chi connectivity index (χ1v) is 8.68. The van der Waals surface area contributed by atoms with Crippen molar-refractivity contribution in [1.82, 2.24) is 14.7 Å². The first kappa shape index (κ1) is 17.5. The van der Waals surface area contributed by atoms with Crippen molar-refractivity contribution in [3.8, 4) is 5.75 Å². The largest absolute Gasteiger partial charge is 0.496 e. The maximum Gasteiger partial charge on any atom is 0.254 e. The van der Waals surface area contributed by atoms with E-state index in [0.29, 0.717) is 18.8 Å². The first-order valence-electron chi connectivity index (χ1n) is 8.68. The molecule has 6 heteroatoms. The average Bonchev–Trinajstić information content (AvgIpc) is 3.27. The number of benzene rings is 1. The molecule has 6 nitrogen and oxygen atoms in total. The molecular formula is C19H25N3O3. The Bertz CT molecular complexity index is 741. The van der Waals surface area contributed by atoms with Gasteiger partial charge in [0.05, 0.1) is 26.0 Å². The zero-order valence-electron chi connectivity index (χ0n) is 15.1. The molecule has 3 rings (SSSR count). The van der Waals surface area contributed by atoms with E-state index >= 15 is 0 Å². The van der Waals surface area contributed by atoms with Crippen LogP contribution in [0, 0.1) is 0 Å². The summed E-state index contributed by atoms with van der Waals surface area (Å²) in [6.45, 7) is 3.78. The number of methoxy groups -OCH3 is 1. The Morgan fingerprint density at radius 3 is 2.92 bits per heavy atom. The van der Waals surface area contributed by atoms with Gasteiger partial charge in [-0.25, -0.2) is 0 Å². The number of rotatable bonds is 6. The third-order valence-corrected chi connectivity index (χ3v) is 4.61. The molecule has 0 saturated carbocycles. The number of carbonyl (C=O) groups is 1. The van der Waals surface area contributed by atoms with Crippen molar-refractivity contribution in [2.75, 3.05) is 20.3 Å². The fourth-order valence-electron chi connectivity index (χ4n) is 3.37. The highest BCUT2D eigenvalue weighted by atomic mass is 16.5. The Morgan fingerprint density at radius 2 is 2.24 bits per heavy atom. The second-order valence-electron chi connectivity index (χ2n) is 6.27. The van der Waals surface area contributed by atoms with Crippen LogP contribution in [-0.4, -0.2) is 40.8 Å². The average molecular weight is 343 g/mol. The zero-order chi connectivity index (χ0) is 17.8. The van der Waals surface area contributed by atoms with Gasteiger partial charge in [0, 0.05) is 43.1 Å². The molecule has 0 bridgehead atoms. The van der Waals surface area contributed by atoms with E-state index in [2.05, 4.69) is 5.10 Å². The Balaban J connectivity index is 1.84. The molecule has 134 valence electrons. The van der Waals surface area contributed by atoms with E-state index < -0.39 is 0 Å². The van der Waals surface area contributed by atoms with E-state index in [9.17, 15) is 4.79 Å². The summed E-state index contributed by atoms with van der Waals surface area (Å²) in [6, 6.07) is 5.65. The summed E-state index contributed by atoms with van der Waals surface area (Å²) in [7, 11) is 3.53. The molecule has 0 spiro atoms. The van der Waals surface area contributed by atoms with E-state index in [1.54, 1.807) is 11.8 Å². The molecular weight excluding hydrogens is 318 g/mol. The van der Waals surface area contributed by atoms with Gasteiger partial charge in [-0.05, 0) is 38.0 Å². The van der Waals surface area contributed by atoms with Crippen molar-refractivity contribution in [3.05, 3.63) is 47.3 Å². The number of hydrogen-bond acceptors (Lipinski definition) is 4. The van der Waals surface area contributed by atoms with Crippen molar-refractivity contribution < 1.29 is 14.3 Å². The summed E-state index contributed by atoms with van der Waals surface area (Å²) >= 11 is 0. The minimum absolute atomic E-state index is 0.0479. The second kappa shape index (κ2) is 7.70. The van der Waals surface area contributed by atoms with Gasteiger partial charge in [-0.1, -0.05) is 0 Å². The van der Waals surface area contributed by atoms with Crippen LogP contribution in [-0.2, 0) is 18.4 Å². The molecule has 0 radical (unpaired) electrons. The summed E-state index contributed by atoms with van der Waals surface area (Å²) in [6.07, 6.45) is 5.82. The molecule has 2 aromatic rings. The summed E-state index contributed by atoms with van der Waals surface area (Å²) in [5.41, 5.74) is 2.66. The Kier molecular flexibility index (Phi) is 5.38. The van der Waals surface area contributed by atoms with Gasteiger partial charge < -0.3 is 14.4 Å². The molecule has 1 saturated heterocycles. The molecule has 1 aliphatic heterocycles. The number of hydrogen-bond donors (Lipinski definition) is 0. The predicted octanol–water partition coefficient (Wildman–Crippen LogP) is 2.94. The second-order valence-corrected chi connectivity index (χ2v) is 6.27. The van der Waals surface area contributed by atoms with Crippen LogP contribution in [0.15, 0.2) is 30.6 Å². The molecule has 1 aromatic heterocycles. The molecule has 1 aromatic carbocycles. The van der Waals surface area contributed by atoms with Crippen molar-refractivity contribution in [1.29, 1.82) is 0 Å². The van der Waals surface area contributed by atoms with Crippen molar-refractivity contribution >= 4 is 5.91 Å². The van der Waals surface area contributed by atoms with Gasteiger partial charge in [-0.3, -0.25) is 9.48 Å². The Labute approximate surface area is 148 Å². The van der Waals surface area contributed by atoms with Crippen LogP contribution in [0.2, 0.25) is 0 Å². The van der Waals surface area contributed by atoms with E-state index in [1.807, 2.05) is 49.5 Å². The summed E-state index contributed by atoms with van der Waals surface area (Å²) < 4.78 is 12.7. The van der Waals surface area contributed by atoms with E-state index in [-0.39, 0.29) is 11.9 Å². The van der Waals surface area contributed by atoms with Crippen molar-refractivity contribution in [3.63, 3.8) is 0 Å². The van der Waals surface area contributed by atoms with E-state index in [0.717, 1.165) is 36.3 Å². The van der Waals surface area contributed by atoms with Crippen LogP contribution in [0.5, 0.6) is 5.75 Å².